The van der Waals surface area contributed by atoms with Gasteiger partial charge in [0, 0.05) is 0 Å². The third-order valence-corrected chi connectivity index (χ3v) is 9.19. The van der Waals surface area contributed by atoms with E-state index in [-0.39, 0.29) is 12.4 Å². The van der Waals surface area contributed by atoms with Gasteiger partial charge in [0.1, 0.15) is 0 Å². The number of aryl methyl sites for hydroxylation is 1. The van der Waals surface area contributed by atoms with Crippen LogP contribution in [0.15, 0.2) is 30.3 Å². The minimum Gasteiger partial charge on any atom is -1.00 e. The van der Waals surface area contributed by atoms with Gasteiger partial charge in [0.25, 0.3) is 0 Å². The van der Waals surface area contributed by atoms with Gasteiger partial charge in [0.15, 0.2) is 0 Å². The molecule has 1 nitrogen and oxygen atoms in total. The van der Waals surface area contributed by atoms with Crippen molar-refractivity contribution in [2.24, 2.45) is 0 Å². The van der Waals surface area contributed by atoms with Crippen LogP contribution in [0.1, 0.15) is 186 Å². The van der Waals surface area contributed by atoms with Crippen LogP contribution in [0.3, 0.4) is 0 Å². The van der Waals surface area contributed by atoms with Crippen LogP contribution in [-0.4, -0.2) is 31.7 Å². The lowest BCUT2D eigenvalue weighted by atomic mass is 10.0. The monoisotopic (exact) mass is 592 g/mol. The number of benzene rings is 1. The number of nitrogens with zero attached hydrogens (tertiary/aromatic N) is 1. The van der Waals surface area contributed by atoms with Crippen LogP contribution in [0.4, 0.5) is 0 Å². The zero-order chi connectivity index (χ0) is 28.8. The lowest BCUT2D eigenvalue weighted by Crippen LogP contribution is -3.00. The van der Waals surface area contributed by atoms with E-state index in [1.54, 1.807) is 0 Å². The van der Waals surface area contributed by atoms with E-state index in [1.165, 1.54) is 203 Å². The van der Waals surface area contributed by atoms with Crippen molar-refractivity contribution in [3.63, 3.8) is 0 Å². The van der Waals surface area contributed by atoms with E-state index in [0.717, 1.165) is 0 Å². The number of hydrogen-bond donors (Lipinski definition) is 0. The second-order valence-corrected chi connectivity index (χ2v) is 13.8. The molecule has 0 amide bonds. The van der Waals surface area contributed by atoms with Gasteiger partial charge in [0.05, 0.1) is 27.2 Å². The highest BCUT2D eigenvalue weighted by Gasteiger charge is 2.13. The quantitative estimate of drug-likeness (QED) is 0.0595. The molecule has 0 saturated heterocycles. The topological polar surface area (TPSA) is 0 Å². The Hall–Kier alpha value is -0.530. The molecule has 242 valence electrons. The molecular formula is C39H74ClN. The van der Waals surface area contributed by atoms with Gasteiger partial charge < -0.3 is 16.9 Å². The summed E-state index contributed by atoms with van der Waals surface area (Å²) < 4.78 is 1.24. The SMILES string of the molecule is CCCCCCCCCCCC[N+](C)(C)CCCCCCCCCCCCCCCCCCCc1ccccc1.[Cl-]. The van der Waals surface area contributed by atoms with E-state index >= 15 is 0 Å². The van der Waals surface area contributed by atoms with Gasteiger partial charge in [-0.25, -0.2) is 0 Å². The Kier molecular flexibility index (Phi) is 30.5. The smallest absolute Gasteiger partial charge is 0.0782 e. The maximum absolute atomic E-state index is 2.46. The van der Waals surface area contributed by atoms with Crippen LogP contribution in [0.2, 0.25) is 0 Å². The maximum Gasteiger partial charge on any atom is 0.0782 e. The first-order valence-electron chi connectivity index (χ1n) is 18.5. The summed E-state index contributed by atoms with van der Waals surface area (Å²) in [6, 6.07) is 11.0. The number of quaternary nitrogens is 1. The Morgan fingerprint density at radius 3 is 1.02 bits per heavy atom. The van der Waals surface area contributed by atoms with Gasteiger partial charge in [-0.1, -0.05) is 179 Å². The lowest BCUT2D eigenvalue weighted by Gasteiger charge is -2.30. The number of rotatable bonds is 31. The molecule has 41 heavy (non-hydrogen) atoms. The molecule has 0 aliphatic heterocycles. The van der Waals surface area contributed by atoms with Crippen molar-refractivity contribution < 1.29 is 16.9 Å². The van der Waals surface area contributed by atoms with Gasteiger partial charge in [-0.2, -0.15) is 0 Å². The fourth-order valence-electron chi connectivity index (χ4n) is 6.30. The molecule has 0 N–H and O–H groups in total. The van der Waals surface area contributed by atoms with E-state index in [1.807, 2.05) is 0 Å². The summed E-state index contributed by atoms with van der Waals surface area (Å²) in [6.07, 6.45) is 40.5. The number of unbranched alkanes of at least 4 members (excludes halogenated alkanes) is 25. The fraction of sp³-hybridized carbons (Fsp3) is 0.846. The molecule has 1 aromatic carbocycles. The molecule has 0 heterocycles. The van der Waals surface area contributed by atoms with Crippen LogP contribution in [-0.2, 0) is 6.42 Å². The highest BCUT2D eigenvalue weighted by Crippen LogP contribution is 2.16. The van der Waals surface area contributed by atoms with Crippen LogP contribution < -0.4 is 12.4 Å². The predicted molar refractivity (Wildman–Crippen MR) is 182 cm³/mol. The van der Waals surface area contributed by atoms with Gasteiger partial charge >= 0.3 is 0 Å². The molecule has 0 atom stereocenters. The maximum atomic E-state index is 2.46. The van der Waals surface area contributed by atoms with Crippen LogP contribution in [0.5, 0.6) is 0 Å². The van der Waals surface area contributed by atoms with E-state index in [0.29, 0.717) is 0 Å². The van der Waals surface area contributed by atoms with Crippen molar-refractivity contribution in [2.75, 3.05) is 27.2 Å². The molecule has 0 unspecified atom stereocenters. The minimum atomic E-state index is 0. The highest BCUT2D eigenvalue weighted by molar-refractivity contribution is 5.14. The zero-order valence-corrected chi connectivity index (χ0v) is 29.2. The van der Waals surface area contributed by atoms with Gasteiger partial charge in [0.2, 0.25) is 0 Å². The Morgan fingerprint density at radius 2 is 0.683 bits per heavy atom. The van der Waals surface area contributed by atoms with E-state index in [9.17, 15) is 0 Å². The summed E-state index contributed by atoms with van der Waals surface area (Å²) >= 11 is 0. The van der Waals surface area contributed by atoms with Crippen LogP contribution in [0.25, 0.3) is 0 Å². The van der Waals surface area contributed by atoms with Gasteiger partial charge in [-0.3, -0.25) is 0 Å². The van der Waals surface area contributed by atoms with Gasteiger partial charge in [-0.15, -0.1) is 0 Å². The number of hydrogen-bond acceptors (Lipinski definition) is 0. The second-order valence-electron chi connectivity index (χ2n) is 13.8. The van der Waals surface area contributed by atoms with Crippen molar-refractivity contribution in [1.82, 2.24) is 0 Å². The van der Waals surface area contributed by atoms with Crippen molar-refractivity contribution in [3.8, 4) is 0 Å². The third kappa shape index (κ3) is 29.3. The molecule has 1 rings (SSSR count). The first-order chi connectivity index (χ1) is 19.6. The molecule has 0 aromatic heterocycles. The van der Waals surface area contributed by atoms with Gasteiger partial charge in [-0.05, 0) is 44.1 Å². The average molecular weight is 592 g/mol. The molecule has 1 aromatic rings. The fourth-order valence-corrected chi connectivity index (χ4v) is 6.30. The molecule has 0 bridgehead atoms. The zero-order valence-electron chi connectivity index (χ0n) is 28.4. The minimum absolute atomic E-state index is 0. The molecule has 0 aliphatic carbocycles. The summed E-state index contributed by atoms with van der Waals surface area (Å²) in [5.74, 6) is 0. The molecule has 0 radical (unpaired) electrons. The lowest BCUT2D eigenvalue weighted by molar-refractivity contribution is -0.890. The van der Waals surface area contributed by atoms with Crippen molar-refractivity contribution in [3.05, 3.63) is 35.9 Å². The van der Waals surface area contributed by atoms with E-state index in [2.05, 4.69) is 51.4 Å². The van der Waals surface area contributed by atoms with E-state index < -0.39 is 0 Å². The Bertz CT molecular complexity index is 613. The summed E-state index contributed by atoms with van der Waals surface area (Å²) in [5, 5.41) is 0. The molecule has 2 heteroatoms. The highest BCUT2D eigenvalue weighted by atomic mass is 35.5. The predicted octanol–water partition coefficient (Wildman–Crippen LogP) is 9.86. The molecule has 0 aliphatic rings. The standard InChI is InChI=1S/C39H74N.ClH/c1-4-5-6-7-8-9-20-23-26-32-37-40(2,3)38-33-27-24-21-18-16-14-12-10-11-13-15-17-19-22-25-29-34-39-35-30-28-31-36-39;/h28,30-31,35-36H,4-27,29,32-34,37-38H2,1-3H3;1H/q+1;/p-1. The molecule has 0 spiro atoms. The summed E-state index contributed by atoms with van der Waals surface area (Å²) in [6.45, 7) is 5.07. The Balaban J connectivity index is 0.0000160. The van der Waals surface area contributed by atoms with Crippen molar-refractivity contribution in [2.45, 2.75) is 187 Å². The van der Waals surface area contributed by atoms with E-state index in [4.69, 9.17) is 0 Å². The Morgan fingerprint density at radius 1 is 0.390 bits per heavy atom. The normalized spacial score (nSPS) is 11.6. The van der Waals surface area contributed by atoms with Crippen molar-refractivity contribution >= 4 is 0 Å². The third-order valence-electron chi connectivity index (χ3n) is 9.19. The second kappa shape index (κ2) is 30.9. The summed E-state index contributed by atoms with van der Waals surface area (Å²) in [7, 11) is 4.92. The first kappa shape index (κ1) is 40.5. The number of halogens is 1. The summed E-state index contributed by atoms with van der Waals surface area (Å²) in [4.78, 5) is 0. The summed E-state index contributed by atoms with van der Waals surface area (Å²) in [5.41, 5.74) is 1.51. The molecule has 0 fully saturated rings. The Labute approximate surface area is 266 Å². The van der Waals surface area contributed by atoms with Crippen LogP contribution >= 0.6 is 0 Å². The van der Waals surface area contributed by atoms with Crippen LogP contribution in [0, 0.1) is 0 Å². The average Bonchev–Trinajstić information content (AvgIpc) is 2.95. The largest absolute Gasteiger partial charge is 1.00 e. The first-order valence-corrected chi connectivity index (χ1v) is 18.5. The molecular weight excluding hydrogens is 518 g/mol. The van der Waals surface area contributed by atoms with Crippen molar-refractivity contribution in [1.29, 1.82) is 0 Å². The molecule has 0 saturated carbocycles.